The lowest BCUT2D eigenvalue weighted by molar-refractivity contribution is 0.880. The second-order valence-corrected chi connectivity index (χ2v) is 6.69. The van der Waals surface area contributed by atoms with Crippen molar-refractivity contribution in [3.8, 4) is 6.07 Å². The van der Waals surface area contributed by atoms with Crippen LogP contribution in [0.3, 0.4) is 0 Å². The van der Waals surface area contributed by atoms with Crippen LogP contribution in [0.25, 0.3) is 5.57 Å². The number of nitrogens with two attached hydrogens (primary N) is 1. The minimum atomic E-state index is 0.492. The van der Waals surface area contributed by atoms with E-state index >= 15 is 0 Å². The van der Waals surface area contributed by atoms with Gasteiger partial charge in [0, 0.05) is 35.8 Å². The lowest BCUT2D eigenvalue weighted by Gasteiger charge is -2.22. The molecule has 1 aliphatic carbocycles. The maximum Gasteiger partial charge on any atom is 0.227 e. The molecular formula is C23H20N6. The van der Waals surface area contributed by atoms with E-state index in [1.807, 2.05) is 54.7 Å². The molecule has 2 aromatic carbocycles. The number of hydrogen-bond donors (Lipinski definition) is 2. The van der Waals surface area contributed by atoms with E-state index in [-0.39, 0.29) is 0 Å². The SMILES string of the molecule is CN=C(C1=C(N)CCc2cnc(Nc3ccccc3)nc21)c1ccccc1C#N. The summed E-state index contributed by atoms with van der Waals surface area (Å²) in [5.74, 6) is 0.492. The van der Waals surface area contributed by atoms with Gasteiger partial charge < -0.3 is 11.1 Å². The number of hydrogen-bond acceptors (Lipinski definition) is 6. The van der Waals surface area contributed by atoms with E-state index in [9.17, 15) is 5.26 Å². The maximum absolute atomic E-state index is 9.54. The van der Waals surface area contributed by atoms with Crippen LogP contribution in [0.4, 0.5) is 11.6 Å². The zero-order valence-electron chi connectivity index (χ0n) is 16.1. The number of aliphatic imine (C=N–C) groups is 1. The maximum atomic E-state index is 9.54. The zero-order valence-corrected chi connectivity index (χ0v) is 16.1. The third-order valence-electron chi connectivity index (χ3n) is 4.88. The van der Waals surface area contributed by atoms with Crippen LogP contribution < -0.4 is 11.1 Å². The average molecular weight is 380 g/mol. The Morgan fingerprint density at radius 2 is 1.86 bits per heavy atom. The Morgan fingerprint density at radius 1 is 1.10 bits per heavy atom. The van der Waals surface area contributed by atoms with Crippen molar-refractivity contribution in [2.75, 3.05) is 12.4 Å². The Balaban J connectivity index is 1.81. The fraction of sp³-hybridized carbons (Fsp3) is 0.130. The van der Waals surface area contributed by atoms with Gasteiger partial charge in [-0.1, -0.05) is 36.4 Å². The van der Waals surface area contributed by atoms with Crippen LogP contribution >= 0.6 is 0 Å². The second kappa shape index (κ2) is 7.95. The first kappa shape index (κ1) is 18.4. The molecule has 3 N–H and O–H groups in total. The molecule has 1 aliphatic rings. The molecule has 0 bridgehead atoms. The average Bonchev–Trinajstić information content (AvgIpc) is 2.77. The quantitative estimate of drug-likeness (QED) is 0.670. The molecule has 1 heterocycles. The highest BCUT2D eigenvalue weighted by Gasteiger charge is 2.26. The van der Waals surface area contributed by atoms with Crippen LogP contribution in [-0.2, 0) is 6.42 Å². The predicted octanol–water partition coefficient (Wildman–Crippen LogP) is 3.83. The smallest absolute Gasteiger partial charge is 0.227 e. The fourth-order valence-corrected chi connectivity index (χ4v) is 3.48. The summed E-state index contributed by atoms with van der Waals surface area (Å²) < 4.78 is 0. The molecular weight excluding hydrogens is 360 g/mol. The third kappa shape index (κ3) is 3.58. The number of para-hydroxylation sites is 1. The van der Waals surface area contributed by atoms with Gasteiger partial charge in [0.05, 0.1) is 23.0 Å². The molecule has 29 heavy (non-hydrogen) atoms. The predicted molar refractivity (Wildman–Crippen MR) is 115 cm³/mol. The van der Waals surface area contributed by atoms with E-state index in [1.54, 1.807) is 13.1 Å². The minimum Gasteiger partial charge on any atom is -0.401 e. The van der Waals surface area contributed by atoms with Gasteiger partial charge in [-0.2, -0.15) is 5.26 Å². The molecule has 6 nitrogen and oxygen atoms in total. The Hall–Kier alpha value is -3.98. The number of nitriles is 1. The number of nitrogens with one attached hydrogen (secondary N) is 1. The van der Waals surface area contributed by atoms with Crippen molar-refractivity contribution in [2.24, 2.45) is 10.7 Å². The lowest BCUT2D eigenvalue weighted by Crippen LogP contribution is -2.20. The summed E-state index contributed by atoms with van der Waals surface area (Å²) in [7, 11) is 1.71. The second-order valence-electron chi connectivity index (χ2n) is 6.69. The first-order chi connectivity index (χ1) is 14.2. The van der Waals surface area contributed by atoms with Gasteiger partial charge in [0.2, 0.25) is 5.95 Å². The van der Waals surface area contributed by atoms with Crippen LogP contribution in [0.2, 0.25) is 0 Å². The van der Waals surface area contributed by atoms with Gasteiger partial charge in [0.15, 0.2) is 0 Å². The monoisotopic (exact) mass is 380 g/mol. The topological polar surface area (TPSA) is 100.0 Å². The largest absolute Gasteiger partial charge is 0.401 e. The lowest BCUT2D eigenvalue weighted by atomic mass is 9.87. The Labute approximate surface area is 169 Å². The standard InChI is InChI=1S/C23H20N6/c1-26-22(18-10-6-5-7-15(18)13-24)20-19(25)12-11-16-14-27-23(29-21(16)20)28-17-8-3-2-4-9-17/h2-10,14H,11-12,25H2,1H3,(H,27,28,29). The molecule has 4 rings (SSSR count). The summed E-state index contributed by atoms with van der Waals surface area (Å²) in [4.78, 5) is 13.7. The van der Waals surface area contributed by atoms with Crippen molar-refractivity contribution in [2.45, 2.75) is 12.8 Å². The molecule has 6 heteroatoms. The number of fused-ring (bicyclic) bond motifs is 1. The molecule has 1 aromatic heterocycles. The third-order valence-corrected chi connectivity index (χ3v) is 4.88. The normalized spacial score (nSPS) is 13.6. The summed E-state index contributed by atoms with van der Waals surface area (Å²) in [6.45, 7) is 0. The molecule has 0 saturated heterocycles. The van der Waals surface area contributed by atoms with Crippen LogP contribution in [0.1, 0.15) is 28.8 Å². The highest BCUT2D eigenvalue weighted by Crippen LogP contribution is 2.32. The first-order valence-electron chi connectivity index (χ1n) is 9.35. The first-order valence-corrected chi connectivity index (χ1v) is 9.35. The molecule has 0 amide bonds. The highest BCUT2D eigenvalue weighted by molar-refractivity contribution is 6.33. The number of aromatic nitrogens is 2. The van der Waals surface area contributed by atoms with E-state index < -0.39 is 0 Å². The highest BCUT2D eigenvalue weighted by atomic mass is 15.1. The van der Waals surface area contributed by atoms with Crippen LogP contribution in [0, 0.1) is 11.3 Å². The number of allylic oxidation sites excluding steroid dienone is 2. The zero-order chi connectivity index (χ0) is 20.2. The number of aryl methyl sites for hydroxylation is 1. The van der Waals surface area contributed by atoms with Crippen molar-refractivity contribution in [1.29, 1.82) is 5.26 Å². The Morgan fingerprint density at radius 3 is 2.62 bits per heavy atom. The van der Waals surface area contributed by atoms with E-state index in [4.69, 9.17) is 10.7 Å². The number of rotatable bonds is 4. The van der Waals surface area contributed by atoms with Crippen LogP contribution in [0.15, 0.2) is 71.5 Å². The molecule has 3 aromatic rings. The van der Waals surface area contributed by atoms with Gasteiger partial charge in [0.25, 0.3) is 0 Å². The van der Waals surface area contributed by atoms with E-state index in [0.717, 1.165) is 40.2 Å². The molecule has 0 fully saturated rings. The Kier molecular flexibility index (Phi) is 5.04. The molecule has 0 unspecified atom stereocenters. The van der Waals surface area contributed by atoms with Crippen LogP contribution in [0.5, 0.6) is 0 Å². The van der Waals surface area contributed by atoms with Gasteiger partial charge in [-0.3, -0.25) is 4.99 Å². The minimum absolute atomic E-state index is 0.492. The summed E-state index contributed by atoms with van der Waals surface area (Å²) in [6.07, 6.45) is 3.31. The van der Waals surface area contributed by atoms with Crippen LogP contribution in [-0.4, -0.2) is 22.7 Å². The van der Waals surface area contributed by atoms with Gasteiger partial charge >= 0.3 is 0 Å². The number of nitrogens with zero attached hydrogens (tertiary/aromatic N) is 4. The summed E-state index contributed by atoms with van der Waals surface area (Å²) in [5.41, 5.74) is 12.6. The van der Waals surface area contributed by atoms with Crippen molar-refractivity contribution in [3.63, 3.8) is 0 Å². The summed E-state index contributed by atoms with van der Waals surface area (Å²) >= 11 is 0. The molecule has 142 valence electrons. The summed E-state index contributed by atoms with van der Waals surface area (Å²) in [6, 6.07) is 19.4. The van der Waals surface area contributed by atoms with Gasteiger partial charge in [-0.25, -0.2) is 9.97 Å². The van der Waals surface area contributed by atoms with E-state index in [0.29, 0.717) is 23.6 Å². The van der Waals surface area contributed by atoms with Gasteiger partial charge in [0.1, 0.15) is 0 Å². The van der Waals surface area contributed by atoms with Gasteiger partial charge in [-0.15, -0.1) is 0 Å². The molecule has 0 radical (unpaired) electrons. The summed E-state index contributed by atoms with van der Waals surface area (Å²) in [5, 5.41) is 12.8. The van der Waals surface area contributed by atoms with Crippen molar-refractivity contribution in [3.05, 3.63) is 88.9 Å². The number of anilines is 2. The van der Waals surface area contributed by atoms with Crippen molar-refractivity contribution >= 4 is 22.9 Å². The Bertz CT molecular complexity index is 1160. The molecule has 0 saturated carbocycles. The molecule has 0 aliphatic heterocycles. The fourth-order valence-electron chi connectivity index (χ4n) is 3.48. The van der Waals surface area contributed by atoms with Crippen molar-refractivity contribution in [1.82, 2.24) is 9.97 Å². The van der Waals surface area contributed by atoms with E-state index in [2.05, 4.69) is 21.4 Å². The molecule has 0 atom stereocenters. The van der Waals surface area contributed by atoms with Gasteiger partial charge in [-0.05, 0) is 36.6 Å². The van der Waals surface area contributed by atoms with E-state index in [1.165, 1.54) is 0 Å². The molecule has 0 spiro atoms. The number of benzene rings is 2. The van der Waals surface area contributed by atoms with Crippen molar-refractivity contribution < 1.29 is 0 Å².